The summed E-state index contributed by atoms with van der Waals surface area (Å²) in [5, 5.41) is -0.321. The number of aromatic nitrogens is 2. The molecule has 2 aliphatic rings. The summed E-state index contributed by atoms with van der Waals surface area (Å²) in [6.07, 6.45) is 0. The van der Waals surface area contributed by atoms with E-state index in [4.69, 9.17) is 2.74 Å². The fraction of sp³-hybridized carbons (Fsp3) is 0.0500. The smallest absolute Gasteiger partial charge is 0.0713 e. The minimum Gasteiger partial charge on any atom is -0.309 e. The maximum absolute atomic E-state index is 10.0. The van der Waals surface area contributed by atoms with Crippen LogP contribution in [0.4, 0.5) is 34.1 Å². The lowest BCUT2D eigenvalue weighted by atomic mass is 9.67. The number of para-hydroxylation sites is 6. The summed E-state index contributed by atoms with van der Waals surface area (Å²) in [6, 6.07) is 120. The zero-order valence-electron chi connectivity index (χ0n) is 84.0. The molecule has 2 heterocycles. The summed E-state index contributed by atoms with van der Waals surface area (Å²) < 4.78 is 156. The first-order valence-electron chi connectivity index (χ1n) is 49.9. The molecule has 586 valence electrons. The molecule has 0 saturated carbocycles. The van der Waals surface area contributed by atoms with E-state index in [9.17, 15) is 19.2 Å². The minimum absolute atomic E-state index is 0.0557. The number of rotatable bonds is 16. The highest BCUT2D eigenvalue weighted by atomic mass is 15.2. The van der Waals surface area contributed by atoms with Gasteiger partial charge in [0.25, 0.3) is 0 Å². The van der Waals surface area contributed by atoms with Gasteiger partial charge in [-0.3, -0.25) is 0 Å². The quantitative estimate of drug-likeness (QED) is 0.0959. The molecule has 0 amide bonds. The third-order valence-electron chi connectivity index (χ3n) is 25.3. The summed E-state index contributed by atoms with van der Waals surface area (Å²) in [5.74, 6) is 0. The minimum atomic E-state index is -0.891. The molecule has 0 radical (unpaired) electrons. The van der Waals surface area contributed by atoms with Crippen molar-refractivity contribution < 1.29 is 21.9 Å². The molecule has 21 aromatic rings. The van der Waals surface area contributed by atoms with Crippen LogP contribution >= 0.6 is 0 Å². The van der Waals surface area contributed by atoms with Crippen molar-refractivity contribution >= 4 is 77.7 Å². The Morgan fingerprint density at radius 1 is 0.234 bits per heavy atom. The third-order valence-corrected chi connectivity index (χ3v) is 25.3. The van der Waals surface area contributed by atoms with Crippen LogP contribution < -0.4 is 9.80 Å². The topological polar surface area (TPSA) is 16.3 Å². The summed E-state index contributed by atoms with van der Waals surface area (Å²) in [7, 11) is 0. The van der Waals surface area contributed by atoms with Crippen LogP contribution in [0.15, 0.2) is 467 Å². The van der Waals surface area contributed by atoms with Crippen molar-refractivity contribution in [3.05, 3.63) is 517 Å². The van der Waals surface area contributed by atoms with Gasteiger partial charge in [-0.15, -0.1) is 0 Å². The Hall–Kier alpha value is -15.6. The van der Waals surface area contributed by atoms with E-state index in [2.05, 4.69) is 310 Å². The second kappa shape index (κ2) is 29.7. The number of benzene rings is 19. The lowest BCUT2D eigenvalue weighted by molar-refractivity contribution is 0.590. The fourth-order valence-electron chi connectivity index (χ4n) is 20.0. The van der Waals surface area contributed by atoms with Gasteiger partial charge in [0.05, 0.1) is 66.2 Å². The summed E-state index contributed by atoms with van der Waals surface area (Å²) in [5.41, 5.74) is 21.4. The summed E-state index contributed by atoms with van der Waals surface area (Å²) >= 11 is 0. The second-order valence-corrected chi connectivity index (χ2v) is 33.0. The number of anilines is 6. The van der Waals surface area contributed by atoms with E-state index in [1.165, 1.54) is 0 Å². The Bertz CT molecular complexity index is 8250. The van der Waals surface area contributed by atoms with E-state index in [-0.39, 0.29) is 49.3 Å². The predicted molar refractivity (Wildman–Crippen MR) is 520 cm³/mol. The van der Waals surface area contributed by atoms with Crippen molar-refractivity contribution in [2.45, 2.75) is 37.0 Å². The van der Waals surface area contributed by atoms with E-state index < -0.39 is 113 Å². The zero-order valence-corrected chi connectivity index (χ0v) is 68.0. The van der Waals surface area contributed by atoms with E-state index in [0.717, 1.165) is 117 Å². The highest BCUT2D eigenvalue weighted by Crippen LogP contribution is 2.61. The van der Waals surface area contributed by atoms with Crippen molar-refractivity contribution in [2.75, 3.05) is 9.80 Å². The number of nitrogens with zero attached hydrogens (tertiary/aromatic N) is 4. The molecule has 0 unspecified atom stereocenters. The Kier molecular flexibility index (Phi) is 14.0. The first-order valence-corrected chi connectivity index (χ1v) is 41.9. The normalized spacial score (nSPS) is 14.7. The molecular weight excluding hydrogens is 1500 g/mol. The van der Waals surface area contributed by atoms with Gasteiger partial charge in [0.2, 0.25) is 0 Å². The molecule has 0 atom stereocenters. The van der Waals surface area contributed by atoms with Crippen molar-refractivity contribution in [3.63, 3.8) is 0 Å². The molecule has 124 heavy (non-hydrogen) atoms. The Morgan fingerprint density at radius 3 is 0.871 bits per heavy atom. The van der Waals surface area contributed by atoms with Crippen LogP contribution in [0.3, 0.4) is 0 Å². The first-order chi connectivity index (χ1) is 67.8. The molecule has 0 saturated heterocycles. The molecule has 0 fully saturated rings. The lowest BCUT2D eigenvalue weighted by Gasteiger charge is -2.36. The van der Waals surface area contributed by atoms with E-state index in [1.54, 1.807) is 21.3 Å². The van der Waals surface area contributed by atoms with Crippen LogP contribution in [-0.4, -0.2) is 9.13 Å². The van der Waals surface area contributed by atoms with Crippen molar-refractivity contribution in [1.29, 1.82) is 0 Å². The van der Waals surface area contributed by atoms with Crippen LogP contribution in [0.1, 0.15) is 92.8 Å². The van der Waals surface area contributed by atoms with Crippen LogP contribution in [-0.2, 0) is 16.2 Å². The molecule has 23 rings (SSSR count). The van der Waals surface area contributed by atoms with Crippen LogP contribution in [0.2, 0.25) is 0 Å². The molecular formula is C120H86N4. The molecule has 0 bridgehead atoms. The zero-order chi connectivity index (χ0) is 96.5. The third kappa shape index (κ3) is 11.7. The highest BCUT2D eigenvalue weighted by Gasteiger charge is 2.48. The number of hydrogen-bond donors (Lipinski definition) is 0. The molecule has 0 spiro atoms. The molecule has 0 aliphatic heterocycles. The Morgan fingerprint density at radius 2 is 0.524 bits per heavy atom. The van der Waals surface area contributed by atoms with Gasteiger partial charge < -0.3 is 18.9 Å². The highest BCUT2D eigenvalue weighted by molar-refractivity contribution is 6.11. The van der Waals surface area contributed by atoms with Gasteiger partial charge in [0.1, 0.15) is 0 Å². The van der Waals surface area contributed by atoms with Gasteiger partial charge in [-0.25, -0.2) is 0 Å². The van der Waals surface area contributed by atoms with Gasteiger partial charge in [-0.1, -0.05) is 397 Å². The molecule has 0 N–H and O–H groups in total. The maximum atomic E-state index is 10.0. The van der Waals surface area contributed by atoms with Crippen molar-refractivity contribution in [2.24, 2.45) is 0 Å². The van der Waals surface area contributed by atoms with Crippen molar-refractivity contribution in [1.82, 2.24) is 9.13 Å². The van der Waals surface area contributed by atoms with Gasteiger partial charge in [0, 0.05) is 77.9 Å². The van der Waals surface area contributed by atoms with E-state index in [1.807, 2.05) is 78.9 Å². The molecule has 4 nitrogen and oxygen atoms in total. The van der Waals surface area contributed by atoms with Gasteiger partial charge in [0.15, 0.2) is 0 Å². The van der Waals surface area contributed by atoms with Gasteiger partial charge in [-0.05, 0) is 191 Å². The van der Waals surface area contributed by atoms with E-state index in [0.29, 0.717) is 39.8 Å². The lowest BCUT2D eigenvalue weighted by Crippen LogP contribution is -2.28. The van der Waals surface area contributed by atoms with Gasteiger partial charge in [-0.2, -0.15) is 0 Å². The number of fused-ring (bicyclic) bond motifs is 12. The monoisotopic (exact) mass is 1600 g/mol. The SMILES string of the molecule is [2H]c1c([2H])c([2H])c2c(c1[2H])c1c([2H])c([2H])c([2H])c([2H])c1n2-c1cccc(N(c2cc(N(c3cccc(-n4c5c([2H])c([2H])c([2H])c([2H])c5c5c([2H])c([2H])c([2H])c([2H])c54)c3)c3c(-c4ccc5c(c4)C(c4ccccc4)(c4ccccc4)c4ccccc4-5)cccc3-c3ccc4c(c3)C(c3ccccc3)(c3ccccc3)c3ccccc3-4)cc(C(C)(C)C)c2)c2c(-c3ccccc3)cccc2-c2ccccc2)c1. The standard InChI is InChI=1S/C120H86N4/c1-118(2,3)89-76-94(121(116-96(81-38-10-4-11-39-81)60-36-61-97(116)82-40-12-5-13-41-82)90-50-34-52-92(78-90)123-112-66-30-24-56-104(112)105-57-25-31-67-113(105)123)80-95(77-89)122(91-51-35-53-93(79-91)124-114-68-32-26-58-106(114)107-59-27-33-69-115(107)124)117-98(83-70-72-102-100-54-22-28-64-108(100)119(110(102)74-83,85-42-14-6-15-43-85)86-44-16-7-17-45-86)62-37-63-99(117)84-71-73-103-101-55-23-29-65-109(101)120(111(103)75-84,87-46-18-8-19-47-87)88-48-20-9-21-49-88/h4-80H,1-3H3/i24D,25D,26D,27D,30D,31D,32D,33D,56D,57D,58D,59D,66D,67D,68D,69D. The van der Waals surface area contributed by atoms with E-state index >= 15 is 0 Å². The molecule has 4 heteroatoms. The molecule has 19 aromatic carbocycles. The number of hydrogen-bond acceptors (Lipinski definition) is 2. The van der Waals surface area contributed by atoms with Crippen LogP contribution in [0, 0.1) is 0 Å². The molecule has 2 aromatic heterocycles. The maximum Gasteiger partial charge on any atom is 0.0713 e. The fourth-order valence-corrected chi connectivity index (χ4v) is 20.0. The predicted octanol–water partition coefficient (Wildman–Crippen LogP) is 31.5. The second-order valence-electron chi connectivity index (χ2n) is 33.0. The average molecular weight is 1600 g/mol. The Labute approximate surface area is 746 Å². The van der Waals surface area contributed by atoms with Crippen LogP contribution in [0.25, 0.3) is 122 Å². The van der Waals surface area contributed by atoms with Crippen LogP contribution in [0.5, 0.6) is 0 Å². The Balaban J connectivity index is 0.891. The summed E-state index contributed by atoms with van der Waals surface area (Å²) in [4.78, 5) is 4.48. The summed E-state index contributed by atoms with van der Waals surface area (Å²) in [6.45, 7) is 6.50. The van der Waals surface area contributed by atoms with Gasteiger partial charge >= 0.3 is 0 Å². The first kappa shape index (κ1) is 58.3. The largest absolute Gasteiger partial charge is 0.309 e. The average Bonchev–Trinajstić information content (AvgIpc) is 1.52. The van der Waals surface area contributed by atoms with Crippen molar-refractivity contribution in [3.8, 4) is 78.1 Å². The molecule has 2 aliphatic carbocycles.